The fourth-order valence-corrected chi connectivity index (χ4v) is 3.57. The summed E-state index contributed by atoms with van der Waals surface area (Å²) >= 11 is 0. The van der Waals surface area contributed by atoms with Gasteiger partial charge in [0.05, 0.1) is 11.0 Å². The molecule has 0 aliphatic heterocycles. The van der Waals surface area contributed by atoms with Gasteiger partial charge in [0.2, 0.25) is 0 Å². The van der Waals surface area contributed by atoms with Crippen LogP contribution in [0.25, 0.3) is 0 Å². The molecular weight excluding hydrogens is 252 g/mol. The third-order valence-electron chi connectivity index (χ3n) is 4.82. The Labute approximate surface area is 120 Å². The lowest BCUT2D eigenvalue weighted by molar-refractivity contribution is -0.153. The second-order valence-electron chi connectivity index (χ2n) is 6.42. The smallest absolute Gasteiger partial charge is 0.309 e. The van der Waals surface area contributed by atoms with Crippen molar-refractivity contribution in [3.8, 4) is 0 Å². The second-order valence-corrected chi connectivity index (χ2v) is 6.42. The van der Waals surface area contributed by atoms with E-state index in [1.165, 1.54) is 0 Å². The fraction of sp³-hybridized carbons (Fsp3) is 0.588. The van der Waals surface area contributed by atoms with Crippen molar-refractivity contribution < 1.29 is 15.0 Å². The molecule has 20 heavy (non-hydrogen) atoms. The van der Waals surface area contributed by atoms with Crippen molar-refractivity contribution in [3.05, 3.63) is 35.9 Å². The number of hydrogen-bond acceptors (Lipinski definition) is 2. The summed E-state index contributed by atoms with van der Waals surface area (Å²) in [6, 6.07) is 9.38. The zero-order valence-electron chi connectivity index (χ0n) is 12.3. The molecule has 0 radical (unpaired) electrons. The van der Waals surface area contributed by atoms with Crippen LogP contribution in [0.5, 0.6) is 0 Å². The first-order valence-electron chi connectivity index (χ1n) is 7.41. The van der Waals surface area contributed by atoms with Gasteiger partial charge in [-0.05, 0) is 44.1 Å². The van der Waals surface area contributed by atoms with Gasteiger partial charge in [-0.2, -0.15) is 0 Å². The summed E-state index contributed by atoms with van der Waals surface area (Å²) in [5.41, 5.74) is -1.08. The molecule has 0 spiro atoms. The summed E-state index contributed by atoms with van der Waals surface area (Å²) in [4.78, 5) is 11.8. The minimum Gasteiger partial charge on any atom is -0.481 e. The molecule has 0 saturated heterocycles. The highest BCUT2D eigenvalue weighted by atomic mass is 16.4. The average Bonchev–Trinajstić information content (AvgIpc) is 2.84. The molecule has 110 valence electrons. The monoisotopic (exact) mass is 276 g/mol. The van der Waals surface area contributed by atoms with Gasteiger partial charge < -0.3 is 10.2 Å². The van der Waals surface area contributed by atoms with Gasteiger partial charge in [-0.15, -0.1) is 0 Å². The molecule has 1 aliphatic rings. The van der Waals surface area contributed by atoms with Gasteiger partial charge in [-0.25, -0.2) is 0 Å². The molecule has 3 heteroatoms. The molecule has 1 aromatic rings. The van der Waals surface area contributed by atoms with Gasteiger partial charge in [0.1, 0.15) is 0 Å². The number of carbonyl (C=O) groups is 1. The number of rotatable bonds is 5. The molecule has 0 bridgehead atoms. The molecule has 1 aromatic carbocycles. The van der Waals surface area contributed by atoms with E-state index in [2.05, 4.69) is 6.92 Å². The number of hydrogen-bond donors (Lipinski definition) is 2. The molecule has 1 aliphatic carbocycles. The first-order chi connectivity index (χ1) is 9.39. The molecule has 0 aromatic heterocycles. The van der Waals surface area contributed by atoms with Crippen LogP contribution in [0.15, 0.2) is 30.3 Å². The number of aliphatic carboxylic acids is 1. The summed E-state index contributed by atoms with van der Waals surface area (Å²) in [6.07, 6.45) is 3.61. The largest absolute Gasteiger partial charge is 0.481 e. The van der Waals surface area contributed by atoms with Gasteiger partial charge in [0.25, 0.3) is 0 Å². The van der Waals surface area contributed by atoms with Crippen LogP contribution in [0.2, 0.25) is 0 Å². The van der Waals surface area contributed by atoms with E-state index in [0.29, 0.717) is 18.8 Å². The summed E-state index contributed by atoms with van der Waals surface area (Å²) < 4.78 is 0. The van der Waals surface area contributed by atoms with Crippen molar-refractivity contribution in [2.45, 2.75) is 51.6 Å². The number of carboxylic acid groups (broad SMARTS) is 1. The third-order valence-corrected chi connectivity index (χ3v) is 4.82. The Bertz CT molecular complexity index is 466. The molecule has 3 nitrogen and oxygen atoms in total. The molecule has 1 fully saturated rings. The Morgan fingerprint density at radius 3 is 2.55 bits per heavy atom. The molecule has 0 heterocycles. The Balaban J connectivity index is 2.23. The normalized spacial score (nSPS) is 29.1. The van der Waals surface area contributed by atoms with Crippen molar-refractivity contribution in [3.63, 3.8) is 0 Å². The summed E-state index contributed by atoms with van der Waals surface area (Å²) in [7, 11) is 0. The van der Waals surface area contributed by atoms with E-state index < -0.39 is 17.0 Å². The summed E-state index contributed by atoms with van der Waals surface area (Å²) in [5.74, 6) is -0.290. The van der Waals surface area contributed by atoms with Crippen LogP contribution < -0.4 is 0 Å². The first-order valence-corrected chi connectivity index (χ1v) is 7.41. The fourth-order valence-electron chi connectivity index (χ4n) is 3.57. The van der Waals surface area contributed by atoms with E-state index in [1.54, 1.807) is 6.92 Å². The number of carboxylic acids is 1. The van der Waals surface area contributed by atoms with Crippen molar-refractivity contribution in [1.29, 1.82) is 0 Å². The Kier molecular flexibility index (Phi) is 4.19. The van der Waals surface area contributed by atoms with Gasteiger partial charge >= 0.3 is 5.97 Å². The lowest BCUT2D eigenvalue weighted by Gasteiger charge is -2.34. The van der Waals surface area contributed by atoms with E-state index in [1.807, 2.05) is 30.3 Å². The van der Waals surface area contributed by atoms with Crippen LogP contribution in [0.3, 0.4) is 0 Å². The van der Waals surface area contributed by atoms with Crippen LogP contribution in [0.1, 0.15) is 51.5 Å². The molecule has 1 saturated carbocycles. The number of aliphatic hydroxyl groups is 1. The zero-order valence-corrected chi connectivity index (χ0v) is 12.3. The van der Waals surface area contributed by atoms with Crippen LogP contribution in [0, 0.1) is 11.3 Å². The van der Waals surface area contributed by atoms with Crippen LogP contribution in [-0.2, 0) is 10.4 Å². The maximum atomic E-state index is 11.8. The van der Waals surface area contributed by atoms with E-state index in [4.69, 9.17) is 0 Å². The van der Waals surface area contributed by atoms with Gasteiger partial charge in [-0.3, -0.25) is 4.79 Å². The van der Waals surface area contributed by atoms with Gasteiger partial charge in [0, 0.05) is 0 Å². The highest BCUT2D eigenvalue weighted by molar-refractivity contribution is 5.75. The molecule has 2 rings (SSSR count). The molecule has 3 unspecified atom stereocenters. The molecular formula is C17H24O3. The zero-order chi connectivity index (χ0) is 14.8. The lowest BCUT2D eigenvalue weighted by atomic mass is 9.73. The minimum atomic E-state index is -1.09. The highest BCUT2D eigenvalue weighted by Crippen LogP contribution is 2.49. The predicted molar refractivity (Wildman–Crippen MR) is 78.3 cm³/mol. The van der Waals surface area contributed by atoms with Crippen molar-refractivity contribution in [2.24, 2.45) is 11.3 Å². The van der Waals surface area contributed by atoms with Crippen LogP contribution >= 0.6 is 0 Å². The second kappa shape index (κ2) is 5.57. The molecule has 3 atom stereocenters. The van der Waals surface area contributed by atoms with E-state index >= 15 is 0 Å². The van der Waals surface area contributed by atoms with E-state index in [0.717, 1.165) is 18.4 Å². The van der Waals surface area contributed by atoms with E-state index in [-0.39, 0.29) is 6.42 Å². The Morgan fingerprint density at radius 1 is 1.40 bits per heavy atom. The highest BCUT2D eigenvalue weighted by Gasteiger charge is 2.48. The molecule has 0 amide bonds. The van der Waals surface area contributed by atoms with Crippen LogP contribution in [-0.4, -0.2) is 16.2 Å². The summed E-state index contributed by atoms with van der Waals surface area (Å²) in [5, 5.41) is 20.4. The lowest BCUT2D eigenvalue weighted by Crippen LogP contribution is -2.37. The Hall–Kier alpha value is -1.35. The standard InChI is InChI=1S/C17H24O3/c1-3-13-9-10-17(11-13,15(18)19)12-16(2,20)14-7-5-4-6-8-14/h4-8,13,20H,3,9-12H2,1-2H3,(H,18,19). The predicted octanol–water partition coefficient (Wildman–Crippen LogP) is 3.57. The van der Waals surface area contributed by atoms with Gasteiger partial charge in [-0.1, -0.05) is 43.7 Å². The quantitative estimate of drug-likeness (QED) is 0.864. The third kappa shape index (κ3) is 2.88. The average molecular weight is 276 g/mol. The topological polar surface area (TPSA) is 57.5 Å². The van der Waals surface area contributed by atoms with E-state index in [9.17, 15) is 15.0 Å². The maximum Gasteiger partial charge on any atom is 0.309 e. The molecule has 2 N–H and O–H groups in total. The minimum absolute atomic E-state index is 0.288. The number of benzene rings is 1. The van der Waals surface area contributed by atoms with Crippen molar-refractivity contribution in [1.82, 2.24) is 0 Å². The summed E-state index contributed by atoms with van der Waals surface area (Å²) in [6.45, 7) is 3.84. The van der Waals surface area contributed by atoms with Crippen LogP contribution in [0.4, 0.5) is 0 Å². The van der Waals surface area contributed by atoms with Crippen molar-refractivity contribution >= 4 is 5.97 Å². The SMILES string of the molecule is CCC1CCC(CC(C)(O)c2ccccc2)(C(=O)O)C1. The van der Waals surface area contributed by atoms with Crippen molar-refractivity contribution in [2.75, 3.05) is 0 Å². The van der Waals surface area contributed by atoms with Gasteiger partial charge in [0.15, 0.2) is 0 Å². The Morgan fingerprint density at radius 2 is 2.05 bits per heavy atom. The maximum absolute atomic E-state index is 11.8. The first kappa shape index (κ1) is 15.0.